The van der Waals surface area contributed by atoms with Crippen LogP contribution in [0.3, 0.4) is 0 Å². The van der Waals surface area contributed by atoms with Gasteiger partial charge in [0.25, 0.3) is 0 Å². The number of hydrogen-bond acceptors (Lipinski definition) is 2. The lowest BCUT2D eigenvalue weighted by Crippen LogP contribution is -2.48. The van der Waals surface area contributed by atoms with Crippen LogP contribution >= 0.6 is 0 Å². The minimum absolute atomic E-state index is 0.321. The van der Waals surface area contributed by atoms with Crippen LogP contribution in [0.4, 0.5) is 10.5 Å². The van der Waals surface area contributed by atoms with Crippen molar-refractivity contribution in [2.75, 3.05) is 11.9 Å². The summed E-state index contributed by atoms with van der Waals surface area (Å²) in [5.41, 5.74) is 1.83. The van der Waals surface area contributed by atoms with Gasteiger partial charge in [0.2, 0.25) is 0 Å². The van der Waals surface area contributed by atoms with Gasteiger partial charge < -0.3 is 4.74 Å². The summed E-state index contributed by atoms with van der Waals surface area (Å²) in [6.45, 7) is 7.94. The topological polar surface area (TPSA) is 38.3 Å². The lowest BCUT2D eigenvalue weighted by atomic mass is 9.51. The van der Waals surface area contributed by atoms with Gasteiger partial charge >= 0.3 is 6.09 Å². The number of ether oxygens (including phenoxy) is 1. The minimum atomic E-state index is -0.321. The summed E-state index contributed by atoms with van der Waals surface area (Å²) < 4.78 is 5.91. The molecule has 2 bridgehead atoms. The summed E-state index contributed by atoms with van der Waals surface area (Å²) in [6.07, 6.45) is 7.60. The number of nitrogens with one attached hydrogen (secondary N) is 1. The second-order valence-corrected chi connectivity index (χ2v) is 10.7. The molecule has 4 unspecified atom stereocenters. The molecule has 2 aromatic rings. The molecule has 3 aliphatic rings. The maximum absolute atomic E-state index is 12.7. The van der Waals surface area contributed by atoms with Crippen LogP contribution in [-0.4, -0.2) is 12.7 Å². The Morgan fingerprint density at radius 2 is 1.86 bits per heavy atom. The summed E-state index contributed by atoms with van der Waals surface area (Å²) >= 11 is 0. The Morgan fingerprint density at radius 3 is 2.72 bits per heavy atom. The average Bonchev–Trinajstić information content (AvgIpc) is 3.12. The fourth-order valence-corrected chi connectivity index (χ4v) is 7.68. The van der Waals surface area contributed by atoms with Gasteiger partial charge in [0, 0.05) is 11.3 Å². The number of benzene rings is 2. The van der Waals surface area contributed by atoms with Crippen LogP contribution in [0.1, 0.15) is 59.3 Å². The van der Waals surface area contributed by atoms with Gasteiger partial charge in [0.1, 0.15) is 0 Å². The Morgan fingerprint density at radius 1 is 1.07 bits per heavy atom. The Labute approximate surface area is 174 Å². The van der Waals surface area contributed by atoms with E-state index in [0.29, 0.717) is 28.8 Å². The molecule has 1 spiro atoms. The predicted octanol–water partition coefficient (Wildman–Crippen LogP) is 7.02. The molecule has 3 saturated carbocycles. The molecule has 3 nitrogen and oxygen atoms in total. The highest BCUT2D eigenvalue weighted by Gasteiger charge is 2.70. The van der Waals surface area contributed by atoms with E-state index in [0.717, 1.165) is 22.4 Å². The van der Waals surface area contributed by atoms with Crippen LogP contribution in [0, 0.1) is 28.1 Å². The molecule has 1 amide bonds. The Balaban J connectivity index is 1.34. The number of anilines is 1. The van der Waals surface area contributed by atoms with Gasteiger partial charge in [0.05, 0.1) is 12.3 Å². The molecule has 4 atom stereocenters. The molecule has 0 aliphatic heterocycles. The van der Waals surface area contributed by atoms with Gasteiger partial charge in [-0.15, -0.1) is 0 Å². The normalized spacial score (nSPS) is 34.7. The number of hydrogen-bond donors (Lipinski definition) is 1. The standard InChI is InChI=1S/C26H33NO2/c1-24(2)13-7-10-19-16-25(3)14-15-26(19,24)22(25)17-29-23(28)27-21-12-6-9-18-8-4-5-11-20(18)21/h4-6,8-9,11-12,19,22H,7,10,13-17H2,1-3H3,(H,27,28). The van der Waals surface area contributed by atoms with Gasteiger partial charge in [-0.2, -0.15) is 0 Å². The first-order valence-corrected chi connectivity index (χ1v) is 11.3. The van der Waals surface area contributed by atoms with E-state index < -0.39 is 0 Å². The highest BCUT2D eigenvalue weighted by molar-refractivity contribution is 6.00. The zero-order valence-electron chi connectivity index (χ0n) is 18.0. The third-order valence-electron chi connectivity index (χ3n) is 9.04. The van der Waals surface area contributed by atoms with Gasteiger partial charge in [-0.1, -0.05) is 63.6 Å². The molecule has 2 aromatic carbocycles. The summed E-state index contributed by atoms with van der Waals surface area (Å²) in [5.74, 6) is 1.29. The lowest BCUT2D eigenvalue weighted by Gasteiger charge is -2.54. The minimum Gasteiger partial charge on any atom is -0.449 e. The predicted molar refractivity (Wildman–Crippen MR) is 118 cm³/mol. The third kappa shape index (κ3) is 2.73. The van der Waals surface area contributed by atoms with Crippen molar-refractivity contribution in [1.29, 1.82) is 0 Å². The first kappa shape index (κ1) is 19.0. The zero-order chi connectivity index (χ0) is 20.3. The van der Waals surface area contributed by atoms with Crippen molar-refractivity contribution in [3.8, 4) is 0 Å². The van der Waals surface area contributed by atoms with E-state index in [1.165, 1.54) is 38.5 Å². The summed E-state index contributed by atoms with van der Waals surface area (Å²) in [4.78, 5) is 12.7. The van der Waals surface area contributed by atoms with Crippen molar-refractivity contribution in [3.05, 3.63) is 42.5 Å². The average molecular weight is 392 g/mol. The number of carbonyl (C=O) groups excluding carboxylic acids is 1. The summed E-state index contributed by atoms with van der Waals surface area (Å²) in [5, 5.41) is 5.17. The largest absolute Gasteiger partial charge is 0.449 e. The van der Waals surface area contributed by atoms with Crippen LogP contribution in [0.15, 0.2) is 42.5 Å². The van der Waals surface area contributed by atoms with Crippen LogP contribution < -0.4 is 5.32 Å². The van der Waals surface area contributed by atoms with Crippen molar-refractivity contribution in [2.45, 2.75) is 59.3 Å². The number of amides is 1. The van der Waals surface area contributed by atoms with Crippen molar-refractivity contribution in [2.24, 2.45) is 28.1 Å². The van der Waals surface area contributed by atoms with Crippen molar-refractivity contribution in [3.63, 3.8) is 0 Å². The summed E-state index contributed by atoms with van der Waals surface area (Å²) in [7, 11) is 0. The van der Waals surface area contributed by atoms with Crippen LogP contribution in [0.2, 0.25) is 0 Å². The van der Waals surface area contributed by atoms with Gasteiger partial charge in [-0.25, -0.2) is 4.79 Å². The first-order valence-electron chi connectivity index (χ1n) is 11.3. The molecular weight excluding hydrogens is 358 g/mol. The number of fused-ring (bicyclic) bond motifs is 2. The maximum atomic E-state index is 12.7. The first-order chi connectivity index (χ1) is 13.9. The van der Waals surface area contributed by atoms with Crippen LogP contribution in [0.5, 0.6) is 0 Å². The molecular formula is C26H33NO2. The van der Waals surface area contributed by atoms with Gasteiger partial charge in [-0.05, 0) is 65.7 Å². The molecule has 1 N–H and O–H groups in total. The monoisotopic (exact) mass is 391 g/mol. The van der Waals surface area contributed by atoms with Crippen molar-refractivity contribution in [1.82, 2.24) is 0 Å². The highest BCUT2D eigenvalue weighted by Crippen LogP contribution is 2.76. The smallest absolute Gasteiger partial charge is 0.411 e. The quantitative estimate of drug-likeness (QED) is 0.610. The van der Waals surface area contributed by atoms with E-state index in [1.807, 2.05) is 30.3 Å². The highest BCUT2D eigenvalue weighted by atomic mass is 16.5. The number of carbonyl (C=O) groups is 1. The Bertz CT molecular complexity index is 945. The van der Waals surface area contributed by atoms with Crippen LogP contribution in [0.25, 0.3) is 10.8 Å². The lowest BCUT2D eigenvalue weighted by molar-refractivity contribution is -0.0647. The zero-order valence-corrected chi connectivity index (χ0v) is 18.0. The maximum Gasteiger partial charge on any atom is 0.411 e. The van der Waals surface area contributed by atoms with Crippen LogP contribution in [-0.2, 0) is 4.74 Å². The van der Waals surface area contributed by atoms with E-state index in [-0.39, 0.29) is 6.09 Å². The third-order valence-corrected chi connectivity index (χ3v) is 9.04. The molecule has 3 heteroatoms. The Kier molecular flexibility index (Phi) is 4.24. The molecule has 29 heavy (non-hydrogen) atoms. The van der Waals surface area contributed by atoms with Gasteiger partial charge in [-0.3, -0.25) is 5.32 Å². The van der Waals surface area contributed by atoms with Crippen molar-refractivity contribution < 1.29 is 9.53 Å². The molecule has 0 radical (unpaired) electrons. The number of rotatable bonds is 3. The van der Waals surface area contributed by atoms with E-state index in [4.69, 9.17) is 4.74 Å². The molecule has 154 valence electrons. The van der Waals surface area contributed by atoms with Gasteiger partial charge in [0.15, 0.2) is 0 Å². The second-order valence-electron chi connectivity index (χ2n) is 10.7. The summed E-state index contributed by atoms with van der Waals surface area (Å²) in [6, 6.07) is 14.1. The van der Waals surface area contributed by atoms with Crippen molar-refractivity contribution >= 4 is 22.6 Å². The second kappa shape index (κ2) is 6.48. The fourth-order valence-electron chi connectivity index (χ4n) is 7.68. The van der Waals surface area contributed by atoms with E-state index in [1.54, 1.807) is 0 Å². The molecule has 0 heterocycles. The Hall–Kier alpha value is -2.03. The molecule has 5 rings (SSSR count). The van der Waals surface area contributed by atoms with E-state index in [9.17, 15) is 4.79 Å². The molecule has 0 saturated heterocycles. The molecule has 3 aliphatic carbocycles. The molecule has 3 fully saturated rings. The van der Waals surface area contributed by atoms with E-state index >= 15 is 0 Å². The molecule has 0 aromatic heterocycles. The SMILES string of the molecule is CC12CCC3(C(CCCC3(C)C)C1)C2COC(=O)Nc1cccc2ccccc12. The fraction of sp³-hybridized carbons (Fsp3) is 0.577. The van der Waals surface area contributed by atoms with E-state index in [2.05, 4.69) is 38.2 Å².